The Labute approximate surface area is 76.0 Å². The van der Waals surface area contributed by atoms with E-state index >= 15 is 0 Å². The van der Waals surface area contributed by atoms with Gasteiger partial charge in [-0.25, -0.2) is 0 Å². The van der Waals surface area contributed by atoms with Crippen LogP contribution in [0.5, 0.6) is 0 Å². The first-order chi connectivity index (χ1) is 3.56. The van der Waals surface area contributed by atoms with Gasteiger partial charge >= 0.3 is 0 Å². The van der Waals surface area contributed by atoms with E-state index in [1.54, 1.807) is 0 Å². The van der Waals surface area contributed by atoms with Crippen LogP contribution in [0.2, 0.25) is 0 Å². The van der Waals surface area contributed by atoms with Crippen LogP contribution >= 0.6 is 16.3 Å². The Morgan fingerprint density at radius 1 is 1.33 bits per heavy atom. The summed E-state index contributed by atoms with van der Waals surface area (Å²) in [4.78, 5) is 0. The molecule has 0 saturated carbocycles. The second-order valence-electron chi connectivity index (χ2n) is 2.83. The van der Waals surface area contributed by atoms with Crippen molar-refractivity contribution in [1.29, 1.82) is 0 Å². The quantitative estimate of drug-likeness (QED) is 0.536. The molecule has 0 aromatic heterocycles. The maximum atomic E-state index is 4.71. The highest BCUT2D eigenvalue weighted by Crippen LogP contribution is 1.91. The summed E-state index contributed by atoms with van der Waals surface area (Å²) < 4.78 is 5.66. The lowest BCUT2D eigenvalue weighted by molar-refractivity contribution is -0.870. The normalized spacial score (nSPS) is 10.7. The van der Waals surface area contributed by atoms with Gasteiger partial charge in [0.1, 0.15) is 13.2 Å². The van der Waals surface area contributed by atoms with Crippen LogP contribution in [-0.4, -0.2) is 38.8 Å². The molecule has 0 bridgehead atoms. The van der Waals surface area contributed by atoms with Gasteiger partial charge in [0.25, 0.3) is 0 Å². The van der Waals surface area contributed by atoms with Crippen LogP contribution in [0, 0.1) is 0 Å². The first kappa shape index (κ1) is 12.5. The molecule has 0 N–H and O–H groups in total. The van der Waals surface area contributed by atoms with Gasteiger partial charge in [0.2, 0.25) is 0 Å². The molecule has 0 aliphatic heterocycles. The highest BCUT2D eigenvalue weighted by atomic mass is 79.9. The van der Waals surface area contributed by atoms with Gasteiger partial charge in [-0.3, -0.25) is 0 Å². The first-order valence-corrected chi connectivity index (χ1v) is 3.25. The number of quaternary nitrogens is 1. The van der Waals surface area contributed by atoms with E-state index in [-0.39, 0.29) is 17.0 Å². The van der Waals surface area contributed by atoms with E-state index in [9.17, 15) is 0 Å². The van der Waals surface area contributed by atoms with Crippen LogP contribution in [0.1, 0.15) is 0 Å². The van der Waals surface area contributed by atoms with Gasteiger partial charge in [0, 0.05) is 0 Å². The summed E-state index contributed by atoms with van der Waals surface area (Å²) in [5, 5.41) is 0. The summed E-state index contributed by atoms with van der Waals surface area (Å²) in [5.74, 6) is 0. The Bertz CT molecular complexity index is 62.5. The van der Waals surface area contributed by atoms with E-state index in [0.717, 1.165) is 17.6 Å². The second-order valence-corrected chi connectivity index (χ2v) is 3.29. The molecule has 0 fully saturated rings. The van der Waals surface area contributed by atoms with E-state index < -0.39 is 0 Å². The van der Waals surface area contributed by atoms with Gasteiger partial charge in [-0.2, -0.15) is 0 Å². The van der Waals surface area contributed by atoms with Crippen molar-refractivity contribution in [2.45, 2.75) is 0 Å². The minimum Gasteiger partial charge on any atom is -1.00 e. The molecule has 0 amide bonds. The molecule has 4 heteroatoms. The molecule has 0 rings (SSSR count). The van der Waals surface area contributed by atoms with Crippen molar-refractivity contribution < 1.29 is 25.3 Å². The zero-order valence-electron chi connectivity index (χ0n) is 6.03. The zero-order chi connectivity index (χ0) is 6.62. The van der Waals surface area contributed by atoms with Crippen LogP contribution in [-0.2, 0) is 3.83 Å². The molecule has 0 heterocycles. The minimum absolute atomic E-state index is 0. The highest BCUT2D eigenvalue weighted by Gasteiger charge is 2.04. The Hall–Kier alpha value is 0.880. The second kappa shape index (κ2) is 5.65. The smallest absolute Gasteiger partial charge is 0.110 e. The minimum atomic E-state index is 0. The molecular weight excluding hydrogens is 250 g/mol. The van der Waals surface area contributed by atoms with Crippen molar-refractivity contribution >= 4 is 16.3 Å². The zero-order valence-corrected chi connectivity index (χ0v) is 9.20. The molecule has 0 atom stereocenters. The molecule has 0 aliphatic rings. The lowest BCUT2D eigenvalue weighted by atomic mass is 10.5. The summed E-state index contributed by atoms with van der Waals surface area (Å²) in [7, 11) is 6.39. The van der Waals surface area contributed by atoms with Crippen molar-refractivity contribution in [3.63, 3.8) is 0 Å². The molecule has 0 unspecified atom stereocenters. The third kappa shape index (κ3) is 12.2. The van der Waals surface area contributed by atoms with E-state index in [2.05, 4.69) is 37.4 Å². The standard InChI is InChI=1S/C5H13BrNO.BrH/c1-7(2,3)4-5-8-6;/h4-5H2,1-3H3;1H/q+1;/p-1. The Morgan fingerprint density at radius 3 is 1.89 bits per heavy atom. The number of hydrogen-bond donors (Lipinski definition) is 0. The average molecular weight is 263 g/mol. The first-order valence-electron chi connectivity index (χ1n) is 2.60. The Kier molecular flexibility index (Phi) is 7.87. The fourth-order valence-corrected chi connectivity index (χ4v) is 0.453. The predicted octanol–water partition coefficient (Wildman–Crippen LogP) is -1.98. The SMILES string of the molecule is C[N+](C)(C)CCOBr.[Br-]. The molecule has 0 aromatic carbocycles. The van der Waals surface area contributed by atoms with Gasteiger partial charge in [-0.1, -0.05) is 0 Å². The van der Waals surface area contributed by atoms with Gasteiger partial charge in [-0.15, -0.1) is 0 Å². The van der Waals surface area contributed by atoms with Crippen molar-refractivity contribution in [1.82, 2.24) is 0 Å². The third-order valence-electron chi connectivity index (χ3n) is 0.839. The van der Waals surface area contributed by atoms with Crippen molar-refractivity contribution in [3.8, 4) is 0 Å². The molecule has 0 aliphatic carbocycles. The largest absolute Gasteiger partial charge is 1.00 e. The fraction of sp³-hybridized carbons (Fsp3) is 1.00. The summed E-state index contributed by atoms with van der Waals surface area (Å²) in [6, 6.07) is 0. The molecule has 0 aromatic rings. The average Bonchev–Trinajstić information content (AvgIpc) is 1.59. The van der Waals surface area contributed by atoms with Crippen LogP contribution in [0.25, 0.3) is 0 Å². The molecule has 0 saturated heterocycles. The molecule has 0 spiro atoms. The number of rotatable bonds is 3. The molecule has 0 radical (unpaired) electrons. The maximum Gasteiger partial charge on any atom is 0.110 e. The van der Waals surface area contributed by atoms with E-state index in [4.69, 9.17) is 3.83 Å². The molecule has 9 heavy (non-hydrogen) atoms. The van der Waals surface area contributed by atoms with Gasteiger partial charge in [0.05, 0.1) is 37.4 Å². The van der Waals surface area contributed by atoms with Crippen LogP contribution < -0.4 is 17.0 Å². The number of halogens is 2. The topological polar surface area (TPSA) is 9.23 Å². The number of nitrogens with zero attached hydrogens (tertiary/aromatic N) is 1. The highest BCUT2D eigenvalue weighted by molar-refractivity contribution is 9.06. The lowest BCUT2D eigenvalue weighted by Gasteiger charge is -2.22. The Morgan fingerprint density at radius 2 is 1.78 bits per heavy atom. The summed E-state index contributed by atoms with van der Waals surface area (Å²) in [6.07, 6.45) is 0. The van der Waals surface area contributed by atoms with Crippen LogP contribution in [0.15, 0.2) is 0 Å². The van der Waals surface area contributed by atoms with E-state index in [0.29, 0.717) is 0 Å². The van der Waals surface area contributed by atoms with Crippen LogP contribution in [0.4, 0.5) is 0 Å². The lowest BCUT2D eigenvalue weighted by Crippen LogP contribution is -3.00. The summed E-state index contributed by atoms with van der Waals surface area (Å²) in [6.45, 7) is 1.80. The fourth-order valence-electron chi connectivity index (χ4n) is 0.308. The van der Waals surface area contributed by atoms with Crippen molar-refractivity contribution in [2.24, 2.45) is 0 Å². The van der Waals surface area contributed by atoms with Gasteiger partial charge in [-0.05, 0) is 0 Å². The van der Waals surface area contributed by atoms with E-state index in [1.807, 2.05) is 0 Å². The predicted molar refractivity (Wildman–Crippen MR) is 37.8 cm³/mol. The van der Waals surface area contributed by atoms with Crippen molar-refractivity contribution in [3.05, 3.63) is 0 Å². The van der Waals surface area contributed by atoms with Crippen LogP contribution in [0.3, 0.4) is 0 Å². The molecule has 2 nitrogen and oxygen atoms in total. The number of hydrogen-bond acceptors (Lipinski definition) is 1. The summed E-state index contributed by atoms with van der Waals surface area (Å²) in [5.41, 5.74) is 0. The Balaban J connectivity index is 0. The summed E-state index contributed by atoms with van der Waals surface area (Å²) >= 11 is 2.89. The van der Waals surface area contributed by atoms with E-state index in [1.165, 1.54) is 0 Å². The van der Waals surface area contributed by atoms with Crippen molar-refractivity contribution in [2.75, 3.05) is 34.3 Å². The third-order valence-corrected chi connectivity index (χ3v) is 1.16. The molecule has 58 valence electrons. The maximum absolute atomic E-state index is 4.71. The number of likely N-dealkylation sites (N-methyl/N-ethyl adjacent to an activating group) is 1. The molecular formula is C5H13Br2NO. The monoisotopic (exact) mass is 261 g/mol. The van der Waals surface area contributed by atoms with Gasteiger partial charge in [0.15, 0.2) is 0 Å². The van der Waals surface area contributed by atoms with Gasteiger partial charge < -0.3 is 25.3 Å².